The predicted octanol–water partition coefficient (Wildman–Crippen LogP) is 0.873. The molecule has 3 atom stereocenters. The molecule has 5 heteroatoms. The molecule has 0 unspecified atom stereocenters. The highest BCUT2D eigenvalue weighted by Crippen LogP contribution is 2.42. The Balaban J connectivity index is 1.85. The van der Waals surface area contributed by atoms with Crippen LogP contribution in [0, 0.1) is 5.92 Å². The largest absolute Gasteiger partial charge is 0.426 e. The number of aliphatic hydroxyl groups is 1. The summed E-state index contributed by atoms with van der Waals surface area (Å²) in [5, 5.41) is 9.15. The topological polar surface area (TPSA) is 72.8 Å². The molecule has 0 aromatic carbocycles. The van der Waals surface area contributed by atoms with Crippen molar-refractivity contribution in [1.29, 1.82) is 0 Å². The van der Waals surface area contributed by atoms with Crippen molar-refractivity contribution in [3.05, 3.63) is 23.3 Å². The fraction of sp³-hybridized carbons (Fsp3) is 0.571. The van der Waals surface area contributed by atoms with E-state index in [0.29, 0.717) is 17.6 Å². The maximum Gasteiger partial charge on any atom is 0.336 e. The van der Waals surface area contributed by atoms with Crippen molar-refractivity contribution >= 4 is 11.8 Å². The van der Waals surface area contributed by atoms with Crippen LogP contribution in [0.3, 0.4) is 0 Å². The van der Waals surface area contributed by atoms with Crippen LogP contribution in [0.4, 0.5) is 0 Å². The zero-order valence-electron chi connectivity index (χ0n) is 10.7. The molecule has 1 N–H and O–H groups in total. The van der Waals surface area contributed by atoms with Gasteiger partial charge in [0.25, 0.3) is 0 Å². The Kier molecular flexibility index (Phi) is 2.83. The van der Waals surface area contributed by atoms with Crippen molar-refractivity contribution in [2.24, 2.45) is 5.92 Å². The molecule has 0 amide bonds. The van der Waals surface area contributed by atoms with Gasteiger partial charge < -0.3 is 14.6 Å². The van der Waals surface area contributed by atoms with E-state index in [2.05, 4.69) is 0 Å². The lowest BCUT2D eigenvalue weighted by atomic mass is 9.80. The summed E-state index contributed by atoms with van der Waals surface area (Å²) >= 11 is 0. The van der Waals surface area contributed by atoms with Crippen molar-refractivity contribution < 1.29 is 24.2 Å². The van der Waals surface area contributed by atoms with Gasteiger partial charge in [-0.1, -0.05) is 6.08 Å². The summed E-state index contributed by atoms with van der Waals surface area (Å²) in [6, 6.07) is 0. The number of allylic oxidation sites excluding steroid dienone is 1. The van der Waals surface area contributed by atoms with Gasteiger partial charge in [0.1, 0.15) is 6.10 Å². The summed E-state index contributed by atoms with van der Waals surface area (Å²) in [5.74, 6) is -1.54. The molecular formula is C14H16O5. The molecule has 0 aromatic rings. The first-order chi connectivity index (χ1) is 9.04. The van der Waals surface area contributed by atoms with Gasteiger partial charge in [0.2, 0.25) is 5.79 Å². The third kappa shape index (κ3) is 1.93. The molecule has 0 aromatic heterocycles. The molecule has 1 fully saturated rings. The minimum absolute atomic E-state index is 0.112. The molecule has 19 heavy (non-hydrogen) atoms. The molecule has 1 saturated heterocycles. The second kappa shape index (κ2) is 4.28. The maximum atomic E-state index is 12.2. The molecule has 0 radical (unpaired) electrons. The van der Waals surface area contributed by atoms with Gasteiger partial charge in [-0.15, -0.1) is 0 Å². The highest BCUT2D eigenvalue weighted by Gasteiger charge is 2.50. The number of ketones is 1. The number of esters is 1. The third-order valence-corrected chi connectivity index (χ3v) is 4.05. The van der Waals surface area contributed by atoms with Crippen LogP contribution < -0.4 is 0 Å². The lowest BCUT2D eigenvalue weighted by Crippen LogP contribution is -2.49. The lowest BCUT2D eigenvalue weighted by molar-refractivity contribution is -0.241. The van der Waals surface area contributed by atoms with E-state index in [9.17, 15) is 9.59 Å². The van der Waals surface area contributed by atoms with Crippen molar-refractivity contribution in [1.82, 2.24) is 0 Å². The van der Waals surface area contributed by atoms with Crippen molar-refractivity contribution in [2.75, 3.05) is 6.61 Å². The first-order valence-electron chi connectivity index (χ1n) is 6.49. The van der Waals surface area contributed by atoms with Gasteiger partial charge in [-0.2, -0.15) is 0 Å². The molecule has 102 valence electrons. The van der Waals surface area contributed by atoms with Gasteiger partial charge in [-0.05, 0) is 31.8 Å². The highest BCUT2D eigenvalue weighted by atomic mass is 16.7. The Bertz CT molecular complexity index is 504. The minimum Gasteiger partial charge on any atom is -0.426 e. The number of ether oxygens (including phenoxy) is 2. The quantitative estimate of drug-likeness (QED) is 0.711. The van der Waals surface area contributed by atoms with E-state index in [-0.39, 0.29) is 24.3 Å². The number of hydrogen-bond acceptors (Lipinski definition) is 5. The number of aliphatic hydroxyl groups excluding tert-OH is 1. The van der Waals surface area contributed by atoms with Gasteiger partial charge in [0.05, 0.1) is 6.61 Å². The molecular weight excluding hydrogens is 248 g/mol. The number of hydrogen-bond donors (Lipinski definition) is 1. The molecule has 1 spiro atoms. The first kappa shape index (κ1) is 12.6. The van der Waals surface area contributed by atoms with Gasteiger partial charge in [0, 0.05) is 17.6 Å². The standard InChI is InChI=1S/C14H16O5/c1-8-6-14(19-13(8)17)5-4-9-2-3-10(7-15)11(16)12(9)18-14/h3,6,9,12,15H,2,4-5,7H2,1H3/t9-,12-,14-/m1/s1. The maximum absolute atomic E-state index is 12.2. The first-order valence-corrected chi connectivity index (χ1v) is 6.49. The molecule has 0 bridgehead atoms. The third-order valence-electron chi connectivity index (χ3n) is 4.05. The molecule has 5 nitrogen and oxygen atoms in total. The van der Waals surface area contributed by atoms with Crippen LogP contribution >= 0.6 is 0 Å². The number of carbonyl (C=O) groups is 2. The van der Waals surface area contributed by atoms with Crippen LogP contribution in [-0.4, -0.2) is 35.4 Å². The second-order valence-electron chi connectivity index (χ2n) is 5.35. The molecule has 2 aliphatic heterocycles. The van der Waals surface area contributed by atoms with Gasteiger partial charge >= 0.3 is 5.97 Å². The van der Waals surface area contributed by atoms with Crippen molar-refractivity contribution in [2.45, 2.75) is 38.1 Å². The highest BCUT2D eigenvalue weighted by molar-refractivity contribution is 6.00. The smallest absolute Gasteiger partial charge is 0.336 e. The second-order valence-corrected chi connectivity index (χ2v) is 5.35. The van der Waals surface area contributed by atoms with E-state index in [4.69, 9.17) is 14.6 Å². The SMILES string of the molecule is CC1=C[C@@]2(CC[C@H]3CC=C(CO)C(=O)[C@@H]3O2)OC1=O. The average molecular weight is 264 g/mol. The zero-order chi connectivity index (χ0) is 13.6. The molecule has 2 heterocycles. The Hall–Kier alpha value is -1.46. The fourth-order valence-electron chi connectivity index (χ4n) is 2.97. The summed E-state index contributed by atoms with van der Waals surface area (Å²) in [6.07, 6.45) is 4.90. The van der Waals surface area contributed by atoms with E-state index in [1.165, 1.54) is 0 Å². The van der Waals surface area contributed by atoms with Gasteiger partial charge in [-0.25, -0.2) is 4.79 Å². The summed E-state index contributed by atoms with van der Waals surface area (Å²) in [7, 11) is 0. The van der Waals surface area contributed by atoms with E-state index < -0.39 is 11.9 Å². The Morgan fingerprint density at radius 1 is 1.47 bits per heavy atom. The number of Topliss-reactive ketones (excluding diaryl/α,β-unsaturated/α-hetero) is 1. The van der Waals surface area contributed by atoms with Crippen molar-refractivity contribution in [3.8, 4) is 0 Å². The van der Waals surface area contributed by atoms with Crippen LogP contribution in [0.2, 0.25) is 0 Å². The van der Waals surface area contributed by atoms with E-state index in [1.54, 1.807) is 19.1 Å². The summed E-state index contributed by atoms with van der Waals surface area (Å²) in [4.78, 5) is 23.7. The Labute approximate surface area is 110 Å². The van der Waals surface area contributed by atoms with Crippen LogP contribution in [0.1, 0.15) is 26.2 Å². The summed E-state index contributed by atoms with van der Waals surface area (Å²) in [6.45, 7) is 1.40. The van der Waals surface area contributed by atoms with Crippen LogP contribution in [-0.2, 0) is 19.1 Å². The van der Waals surface area contributed by atoms with Gasteiger partial charge in [-0.3, -0.25) is 4.79 Å². The average Bonchev–Trinajstić information content (AvgIpc) is 2.66. The predicted molar refractivity (Wildman–Crippen MR) is 65.0 cm³/mol. The van der Waals surface area contributed by atoms with Gasteiger partial charge in [0.15, 0.2) is 5.78 Å². The zero-order valence-corrected chi connectivity index (χ0v) is 10.7. The number of rotatable bonds is 1. The Morgan fingerprint density at radius 3 is 2.89 bits per heavy atom. The fourth-order valence-corrected chi connectivity index (χ4v) is 2.97. The normalized spacial score (nSPS) is 37.8. The number of fused-ring (bicyclic) bond motifs is 1. The summed E-state index contributed by atoms with van der Waals surface area (Å²) < 4.78 is 11.1. The molecule has 1 aliphatic carbocycles. The minimum atomic E-state index is -1.07. The Morgan fingerprint density at radius 2 is 2.26 bits per heavy atom. The molecule has 3 aliphatic rings. The number of carbonyl (C=O) groups excluding carboxylic acids is 2. The monoisotopic (exact) mass is 264 g/mol. The summed E-state index contributed by atoms with van der Waals surface area (Å²) in [5.41, 5.74) is 0.906. The van der Waals surface area contributed by atoms with Crippen molar-refractivity contribution in [3.63, 3.8) is 0 Å². The van der Waals surface area contributed by atoms with Crippen LogP contribution in [0.25, 0.3) is 0 Å². The molecule has 3 rings (SSSR count). The van der Waals surface area contributed by atoms with Crippen LogP contribution in [0.15, 0.2) is 23.3 Å². The molecule has 0 saturated carbocycles. The van der Waals surface area contributed by atoms with E-state index in [1.807, 2.05) is 0 Å². The van der Waals surface area contributed by atoms with E-state index in [0.717, 1.165) is 12.8 Å². The van der Waals surface area contributed by atoms with Crippen LogP contribution in [0.5, 0.6) is 0 Å². The van der Waals surface area contributed by atoms with E-state index >= 15 is 0 Å². The lowest BCUT2D eigenvalue weighted by Gasteiger charge is -2.41.